The number of hydrogen-bond donors (Lipinski definition) is 2. The van der Waals surface area contributed by atoms with E-state index >= 15 is 0 Å². The lowest BCUT2D eigenvalue weighted by Crippen LogP contribution is -2.32. The number of methoxy groups -OCH3 is 1. The van der Waals surface area contributed by atoms with Crippen LogP contribution in [-0.4, -0.2) is 30.8 Å². The number of carbonyl (C=O) groups excluding carboxylic acids is 1. The lowest BCUT2D eigenvalue weighted by Gasteiger charge is -2.15. The topological polar surface area (TPSA) is 75.6 Å². The molecular formula is C9H15NO4. The SMILES string of the molecule is COC(=O)NCC1CCCC1C(=O)O. The van der Waals surface area contributed by atoms with Gasteiger partial charge in [-0.1, -0.05) is 6.42 Å². The van der Waals surface area contributed by atoms with Crippen LogP contribution in [0.1, 0.15) is 19.3 Å². The zero-order chi connectivity index (χ0) is 10.6. The lowest BCUT2D eigenvalue weighted by molar-refractivity contribution is -0.142. The molecule has 5 nitrogen and oxygen atoms in total. The van der Waals surface area contributed by atoms with Crippen molar-refractivity contribution in [1.29, 1.82) is 0 Å². The number of ether oxygens (including phenoxy) is 1. The van der Waals surface area contributed by atoms with E-state index in [1.54, 1.807) is 0 Å². The maximum absolute atomic E-state index is 10.8. The second kappa shape index (κ2) is 4.83. The standard InChI is InChI=1S/C9H15NO4/c1-14-9(13)10-5-6-3-2-4-7(6)8(11)12/h6-7H,2-5H2,1H3,(H,10,13)(H,11,12). The number of carboxylic acid groups (broad SMARTS) is 1. The highest BCUT2D eigenvalue weighted by Crippen LogP contribution is 2.31. The third-order valence-corrected chi connectivity index (χ3v) is 2.67. The molecule has 1 rings (SSSR count). The van der Waals surface area contributed by atoms with E-state index in [0.717, 1.165) is 12.8 Å². The highest BCUT2D eigenvalue weighted by atomic mass is 16.5. The molecular weight excluding hydrogens is 186 g/mol. The smallest absolute Gasteiger partial charge is 0.406 e. The number of alkyl carbamates (subject to hydrolysis) is 1. The van der Waals surface area contributed by atoms with Crippen molar-refractivity contribution in [2.75, 3.05) is 13.7 Å². The molecule has 0 saturated heterocycles. The van der Waals surface area contributed by atoms with Crippen molar-refractivity contribution < 1.29 is 19.4 Å². The first-order valence-electron chi connectivity index (χ1n) is 4.69. The van der Waals surface area contributed by atoms with Gasteiger partial charge in [0.25, 0.3) is 0 Å². The van der Waals surface area contributed by atoms with Crippen molar-refractivity contribution in [3.05, 3.63) is 0 Å². The van der Waals surface area contributed by atoms with Crippen LogP contribution in [-0.2, 0) is 9.53 Å². The summed E-state index contributed by atoms with van der Waals surface area (Å²) in [6.45, 7) is 0.393. The Bertz CT molecular complexity index is 229. The summed E-state index contributed by atoms with van der Waals surface area (Å²) in [7, 11) is 1.29. The molecule has 0 aliphatic heterocycles. The van der Waals surface area contributed by atoms with Crippen LogP contribution in [0.2, 0.25) is 0 Å². The Morgan fingerprint density at radius 3 is 2.79 bits per heavy atom. The molecule has 5 heteroatoms. The third kappa shape index (κ3) is 2.61. The van der Waals surface area contributed by atoms with Crippen LogP contribution in [0.25, 0.3) is 0 Å². The number of hydrogen-bond acceptors (Lipinski definition) is 3. The molecule has 0 bridgehead atoms. The number of aliphatic carboxylic acids is 1. The van der Waals surface area contributed by atoms with Gasteiger partial charge in [-0.3, -0.25) is 4.79 Å². The maximum atomic E-state index is 10.8. The molecule has 1 fully saturated rings. The minimum Gasteiger partial charge on any atom is -0.481 e. The van der Waals surface area contributed by atoms with Crippen LogP contribution in [0.5, 0.6) is 0 Å². The number of carboxylic acids is 1. The predicted octanol–water partition coefficient (Wildman–Crippen LogP) is 0.843. The molecule has 14 heavy (non-hydrogen) atoms. The lowest BCUT2D eigenvalue weighted by atomic mass is 9.96. The fourth-order valence-electron chi connectivity index (χ4n) is 1.89. The third-order valence-electron chi connectivity index (χ3n) is 2.67. The van der Waals surface area contributed by atoms with Gasteiger partial charge in [-0.2, -0.15) is 0 Å². The van der Waals surface area contributed by atoms with Crippen molar-refractivity contribution in [1.82, 2.24) is 5.32 Å². The van der Waals surface area contributed by atoms with Crippen molar-refractivity contribution >= 4 is 12.1 Å². The van der Waals surface area contributed by atoms with Gasteiger partial charge in [0.15, 0.2) is 0 Å². The molecule has 2 unspecified atom stereocenters. The van der Waals surface area contributed by atoms with E-state index in [2.05, 4.69) is 10.1 Å². The molecule has 2 atom stereocenters. The number of rotatable bonds is 3. The van der Waals surface area contributed by atoms with E-state index in [0.29, 0.717) is 13.0 Å². The molecule has 1 amide bonds. The van der Waals surface area contributed by atoms with Crippen LogP contribution in [0, 0.1) is 11.8 Å². The maximum Gasteiger partial charge on any atom is 0.406 e. The van der Waals surface area contributed by atoms with E-state index in [1.165, 1.54) is 7.11 Å². The van der Waals surface area contributed by atoms with E-state index < -0.39 is 12.1 Å². The average molecular weight is 201 g/mol. The molecule has 0 spiro atoms. The molecule has 2 N–H and O–H groups in total. The highest BCUT2D eigenvalue weighted by Gasteiger charge is 2.32. The summed E-state index contributed by atoms with van der Waals surface area (Å²) in [6.07, 6.45) is 2.00. The van der Waals surface area contributed by atoms with Gasteiger partial charge in [-0.25, -0.2) is 4.79 Å². The normalized spacial score (nSPS) is 25.8. The van der Waals surface area contributed by atoms with E-state index in [9.17, 15) is 9.59 Å². The first-order chi connectivity index (χ1) is 6.65. The Balaban J connectivity index is 2.36. The molecule has 0 heterocycles. The predicted molar refractivity (Wildman–Crippen MR) is 48.9 cm³/mol. The Morgan fingerprint density at radius 2 is 2.21 bits per heavy atom. The van der Waals surface area contributed by atoms with E-state index in [1.807, 2.05) is 0 Å². The minimum atomic E-state index is -0.765. The van der Waals surface area contributed by atoms with Crippen LogP contribution >= 0.6 is 0 Å². The van der Waals surface area contributed by atoms with E-state index in [-0.39, 0.29) is 11.8 Å². The molecule has 80 valence electrons. The molecule has 1 saturated carbocycles. The number of carbonyl (C=O) groups is 2. The molecule has 0 aromatic heterocycles. The zero-order valence-corrected chi connectivity index (χ0v) is 8.16. The quantitative estimate of drug-likeness (QED) is 0.709. The van der Waals surface area contributed by atoms with Crippen molar-refractivity contribution in [3.8, 4) is 0 Å². The van der Waals surface area contributed by atoms with Gasteiger partial charge in [-0.05, 0) is 18.8 Å². The first kappa shape index (κ1) is 10.8. The van der Waals surface area contributed by atoms with Crippen molar-refractivity contribution in [2.45, 2.75) is 19.3 Å². The van der Waals surface area contributed by atoms with Gasteiger partial charge in [0.1, 0.15) is 0 Å². The first-order valence-corrected chi connectivity index (χ1v) is 4.69. The van der Waals surface area contributed by atoms with Gasteiger partial charge in [0, 0.05) is 6.54 Å². The summed E-state index contributed by atoms with van der Waals surface area (Å²) in [4.78, 5) is 21.5. The number of nitrogens with one attached hydrogen (secondary N) is 1. The van der Waals surface area contributed by atoms with Gasteiger partial charge in [0.2, 0.25) is 0 Å². The molecule has 0 aromatic carbocycles. The Kier molecular flexibility index (Phi) is 3.73. The molecule has 1 aliphatic rings. The van der Waals surface area contributed by atoms with Gasteiger partial charge >= 0.3 is 12.1 Å². The van der Waals surface area contributed by atoms with Crippen LogP contribution in [0.4, 0.5) is 4.79 Å². The average Bonchev–Trinajstić information content (AvgIpc) is 2.62. The highest BCUT2D eigenvalue weighted by molar-refractivity contribution is 5.71. The largest absolute Gasteiger partial charge is 0.481 e. The Labute approximate surface area is 82.4 Å². The molecule has 0 radical (unpaired) electrons. The Morgan fingerprint density at radius 1 is 1.50 bits per heavy atom. The van der Waals surface area contributed by atoms with Crippen molar-refractivity contribution in [3.63, 3.8) is 0 Å². The van der Waals surface area contributed by atoms with Gasteiger partial charge < -0.3 is 15.2 Å². The van der Waals surface area contributed by atoms with Crippen LogP contribution in [0.15, 0.2) is 0 Å². The van der Waals surface area contributed by atoms with E-state index in [4.69, 9.17) is 5.11 Å². The second-order valence-corrected chi connectivity index (χ2v) is 3.51. The summed E-state index contributed by atoms with van der Waals surface area (Å²) in [6, 6.07) is 0. The fraction of sp³-hybridized carbons (Fsp3) is 0.778. The Hall–Kier alpha value is -1.26. The van der Waals surface area contributed by atoms with Crippen LogP contribution in [0.3, 0.4) is 0 Å². The summed E-state index contributed by atoms with van der Waals surface area (Å²) in [5.41, 5.74) is 0. The summed E-state index contributed by atoms with van der Waals surface area (Å²) < 4.78 is 4.41. The summed E-state index contributed by atoms with van der Waals surface area (Å²) in [5.74, 6) is -1.03. The van der Waals surface area contributed by atoms with Gasteiger partial charge in [-0.15, -0.1) is 0 Å². The van der Waals surface area contributed by atoms with Gasteiger partial charge in [0.05, 0.1) is 13.0 Å². The fourth-order valence-corrected chi connectivity index (χ4v) is 1.89. The van der Waals surface area contributed by atoms with Crippen molar-refractivity contribution in [2.24, 2.45) is 11.8 Å². The summed E-state index contributed by atoms with van der Waals surface area (Å²) >= 11 is 0. The minimum absolute atomic E-state index is 0.0478. The summed E-state index contributed by atoms with van der Waals surface area (Å²) in [5, 5.41) is 11.4. The molecule has 0 aromatic rings. The molecule has 1 aliphatic carbocycles. The number of amides is 1. The second-order valence-electron chi connectivity index (χ2n) is 3.51. The monoisotopic (exact) mass is 201 g/mol. The zero-order valence-electron chi connectivity index (χ0n) is 8.16. The van der Waals surface area contributed by atoms with Crippen LogP contribution < -0.4 is 5.32 Å².